The van der Waals surface area contributed by atoms with Crippen LogP contribution in [0.15, 0.2) is 34.8 Å². The van der Waals surface area contributed by atoms with Crippen molar-refractivity contribution in [3.05, 3.63) is 49.9 Å². The third kappa shape index (κ3) is 3.04. The Morgan fingerprint density at radius 3 is 2.11 bits per heavy atom. The quantitative estimate of drug-likeness (QED) is 0.683. The fourth-order valence-corrected chi connectivity index (χ4v) is 2.77. The summed E-state index contributed by atoms with van der Waals surface area (Å²) in [6.45, 7) is 0. The first kappa shape index (κ1) is 13.8. The van der Waals surface area contributed by atoms with Gasteiger partial charge in [-0.15, -0.1) is 0 Å². The first-order chi connectivity index (χ1) is 8.47. The van der Waals surface area contributed by atoms with Crippen molar-refractivity contribution in [3.63, 3.8) is 0 Å². The molecule has 0 atom stereocenters. The van der Waals surface area contributed by atoms with Crippen LogP contribution in [0.4, 0.5) is 5.69 Å². The van der Waals surface area contributed by atoms with Gasteiger partial charge in [-0.25, -0.2) is 0 Å². The summed E-state index contributed by atoms with van der Waals surface area (Å²) in [5, 5.41) is 1.22. The largest absolute Gasteiger partial charge is 0.454 e. The Labute approximate surface area is 128 Å². The summed E-state index contributed by atoms with van der Waals surface area (Å²) < 4.78 is 6.38. The van der Waals surface area contributed by atoms with Gasteiger partial charge in [-0.05, 0) is 24.3 Å². The standard InChI is InChI=1S/C12H7BrCl3NO/c13-6-3-9(15)12(10(16)4-6)18-7-1-2-11(17)8(14)5-7/h1-5H,17H2. The summed E-state index contributed by atoms with van der Waals surface area (Å²) in [7, 11) is 0. The lowest BCUT2D eigenvalue weighted by molar-refractivity contribution is 0.483. The molecule has 0 bridgehead atoms. The summed E-state index contributed by atoms with van der Waals surface area (Å²) in [4.78, 5) is 0. The number of ether oxygens (including phenoxy) is 1. The normalized spacial score (nSPS) is 10.4. The van der Waals surface area contributed by atoms with Crippen LogP contribution in [0.5, 0.6) is 11.5 Å². The van der Waals surface area contributed by atoms with Crippen LogP contribution < -0.4 is 10.5 Å². The molecule has 0 saturated heterocycles. The number of anilines is 1. The van der Waals surface area contributed by atoms with E-state index in [0.29, 0.717) is 32.3 Å². The van der Waals surface area contributed by atoms with Crippen molar-refractivity contribution in [2.45, 2.75) is 0 Å². The lowest BCUT2D eigenvalue weighted by Crippen LogP contribution is -1.90. The van der Waals surface area contributed by atoms with Crippen LogP contribution in [0.3, 0.4) is 0 Å². The average molecular weight is 367 g/mol. The number of nitrogens with two attached hydrogens (primary N) is 1. The molecule has 0 aromatic heterocycles. The second-order valence-electron chi connectivity index (χ2n) is 3.48. The van der Waals surface area contributed by atoms with Crippen molar-refractivity contribution >= 4 is 56.4 Å². The van der Waals surface area contributed by atoms with E-state index in [4.69, 9.17) is 45.3 Å². The zero-order valence-electron chi connectivity index (χ0n) is 8.88. The number of hydrogen-bond acceptors (Lipinski definition) is 2. The molecule has 2 nitrogen and oxygen atoms in total. The molecule has 0 spiro atoms. The van der Waals surface area contributed by atoms with Gasteiger partial charge in [0.2, 0.25) is 0 Å². The van der Waals surface area contributed by atoms with E-state index < -0.39 is 0 Å². The Morgan fingerprint density at radius 2 is 1.56 bits per heavy atom. The van der Waals surface area contributed by atoms with Crippen molar-refractivity contribution in [2.75, 3.05) is 5.73 Å². The highest BCUT2D eigenvalue weighted by molar-refractivity contribution is 9.10. The number of benzene rings is 2. The minimum absolute atomic E-state index is 0.377. The Hall–Kier alpha value is -0.610. The molecule has 2 N–H and O–H groups in total. The zero-order chi connectivity index (χ0) is 13.3. The predicted octanol–water partition coefficient (Wildman–Crippen LogP) is 5.78. The molecule has 0 heterocycles. The molecule has 0 saturated carbocycles. The van der Waals surface area contributed by atoms with E-state index in [2.05, 4.69) is 15.9 Å². The van der Waals surface area contributed by atoms with E-state index in [0.717, 1.165) is 4.47 Å². The highest BCUT2D eigenvalue weighted by atomic mass is 79.9. The van der Waals surface area contributed by atoms with E-state index in [1.165, 1.54) is 0 Å². The van der Waals surface area contributed by atoms with Gasteiger partial charge in [-0.1, -0.05) is 50.7 Å². The van der Waals surface area contributed by atoms with Gasteiger partial charge in [0.25, 0.3) is 0 Å². The lowest BCUT2D eigenvalue weighted by atomic mass is 10.3. The van der Waals surface area contributed by atoms with Crippen molar-refractivity contribution < 1.29 is 4.74 Å². The Morgan fingerprint density at radius 1 is 0.944 bits per heavy atom. The van der Waals surface area contributed by atoms with Gasteiger partial charge >= 0.3 is 0 Å². The maximum atomic E-state index is 6.06. The van der Waals surface area contributed by atoms with Crippen LogP contribution in [0.1, 0.15) is 0 Å². The highest BCUT2D eigenvalue weighted by Crippen LogP contribution is 2.39. The molecule has 94 valence electrons. The molecule has 0 unspecified atom stereocenters. The summed E-state index contributed by atoms with van der Waals surface area (Å²) in [6, 6.07) is 8.34. The van der Waals surface area contributed by atoms with Crippen molar-refractivity contribution in [2.24, 2.45) is 0 Å². The first-order valence-corrected chi connectivity index (χ1v) is 6.77. The second-order valence-corrected chi connectivity index (χ2v) is 5.62. The topological polar surface area (TPSA) is 35.2 Å². The van der Waals surface area contributed by atoms with Crippen molar-refractivity contribution in [1.82, 2.24) is 0 Å². The van der Waals surface area contributed by atoms with E-state index >= 15 is 0 Å². The van der Waals surface area contributed by atoms with Crippen molar-refractivity contribution in [1.29, 1.82) is 0 Å². The van der Waals surface area contributed by atoms with E-state index in [-0.39, 0.29) is 0 Å². The SMILES string of the molecule is Nc1ccc(Oc2c(Cl)cc(Br)cc2Cl)cc1Cl. The van der Waals surface area contributed by atoms with Gasteiger partial charge in [0.05, 0.1) is 20.8 Å². The molecule has 0 amide bonds. The molecule has 2 aromatic rings. The third-order valence-electron chi connectivity index (χ3n) is 2.15. The molecular formula is C12H7BrCl3NO. The monoisotopic (exact) mass is 365 g/mol. The molecule has 0 fully saturated rings. The van der Waals surface area contributed by atoms with Gasteiger partial charge in [0.15, 0.2) is 5.75 Å². The Kier molecular flexibility index (Phi) is 4.28. The predicted molar refractivity (Wildman–Crippen MR) is 80.1 cm³/mol. The molecule has 0 aliphatic carbocycles. The fraction of sp³-hybridized carbons (Fsp3) is 0. The van der Waals surface area contributed by atoms with E-state index in [9.17, 15) is 0 Å². The fourth-order valence-electron chi connectivity index (χ4n) is 1.32. The number of rotatable bonds is 2. The Bertz CT molecular complexity index is 581. The number of halogens is 4. The van der Waals surface area contributed by atoms with Gasteiger partial charge in [-0.3, -0.25) is 0 Å². The highest BCUT2D eigenvalue weighted by Gasteiger charge is 2.10. The van der Waals surface area contributed by atoms with Crippen molar-refractivity contribution in [3.8, 4) is 11.5 Å². The van der Waals surface area contributed by atoms with Crippen LogP contribution in [-0.2, 0) is 0 Å². The minimum Gasteiger partial charge on any atom is -0.454 e. The molecular weight excluding hydrogens is 360 g/mol. The second kappa shape index (κ2) is 5.57. The lowest BCUT2D eigenvalue weighted by Gasteiger charge is -2.10. The summed E-state index contributed by atoms with van der Waals surface area (Å²) in [6.07, 6.45) is 0. The molecule has 2 rings (SSSR count). The van der Waals surface area contributed by atoms with Crippen LogP contribution in [0.25, 0.3) is 0 Å². The summed E-state index contributed by atoms with van der Waals surface area (Å²) in [5.74, 6) is 0.891. The summed E-state index contributed by atoms with van der Waals surface area (Å²) >= 11 is 21.3. The Balaban J connectivity index is 2.37. The van der Waals surface area contributed by atoms with Gasteiger partial charge < -0.3 is 10.5 Å². The molecule has 0 aliphatic heterocycles. The van der Waals surface area contributed by atoms with Gasteiger partial charge in [-0.2, -0.15) is 0 Å². The molecule has 6 heteroatoms. The molecule has 18 heavy (non-hydrogen) atoms. The van der Waals surface area contributed by atoms with E-state index in [1.54, 1.807) is 30.3 Å². The molecule has 0 radical (unpaired) electrons. The maximum Gasteiger partial charge on any atom is 0.164 e. The zero-order valence-corrected chi connectivity index (χ0v) is 12.7. The third-order valence-corrected chi connectivity index (χ3v) is 3.50. The molecule has 0 aliphatic rings. The maximum absolute atomic E-state index is 6.06. The number of hydrogen-bond donors (Lipinski definition) is 1. The van der Waals surface area contributed by atoms with Crippen LogP contribution in [0, 0.1) is 0 Å². The van der Waals surface area contributed by atoms with Crippen LogP contribution >= 0.6 is 50.7 Å². The summed E-state index contributed by atoms with van der Waals surface area (Å²) in [5.41, 5.74) is 6.10. The van der Waals surface area contributed by atoms with Crippen LogP contribution in [-0.4, -0.2) is 0 Å². The van der Waals surface area contributed by atoms with E-state index in [1.807, 2.05) is 0 Å². The van der Waals surface area contributed by atoms with Crippen LogP contribution in [0.2, 0.25) is 15.1 Å². The smallest absolute Gasteiger partial charge is 0.164 e. The minimum atomic E-state index is 0.377. The molecule has 2 aromatic carbocycles. The number of nitrogen functional groups attached to an aromatic ring is 1. The first-order valence-electron chi connectivity index (χ1n) is 4.85. The van der Waals surface area contributed by atoms with Gasteiger partial charge in [0, 0.05) is 10.5 Å². The van der Waals surface area contributed by atoms with Gasteiger partial charge in [0.1, 0.15) is 5.75 Å². The average Bonchev–Trinajstić information content (AvgIpc) is 2.28.